The van der Waals surface area contributed by atoms with Crippen molar-refractivity contribution in [1.82, 2.24) is 29.9 Å². The Morgan fingerprint density at radius 2 is 2.16 bits per heavy atom. The summed E-state index contributed by atoms with van der Waals surface area (Å²) in [5.74, 6) is 0.138. The van der Waals surface area contributed by atoms with Crippen molar-refractivity contribution in [2.45, 2.75) is 24.8 Å². The summed E-state index contributed by atoms with van der Waals surface area (Å²) >= 11 is 1.15. The summed E-state index contributed by atoms with van der Waals surface area (Å²) in [7, 11) is 1.22. The lowest BCUT2D eigenvalue weighted by atomic mass is 10.3. The van der Waals surface area contributed by atoms with Gasteiger partial charge < -0.3 is 9.88 Å². The summed E-state index contributed by atoms with van der Waals surface area (Å²) in [6.07, 6.45) is -2.94. The maximum absolute atomic E-state index is 12.9. The zero-order valence-electron chi connectivity index (χ0n) is 13.7. The Morgan fingerprint density at radius 3 is 2.72 bits per heavy atom. The Balaban J connectivity index is 2.22. The number of hydrogen-bond donors (Lipinski definition) is 1. The molecule has 2 aromatic rings. The average Bonchev–Trinajstić information content (AvgIpc) is 3.13. The molecule has 136 valence electrons. The molecule has 0 saturated carbocycles. The van der Waals surface area contributed by atoms with Crippen LogP contribution < -0.4 is 5.32 Å². The highest BCUT2D eigenvalue weighted by atomic mass is 32.2. The van der Waals surface area contributed by atoms with Gasteiger partial charge in [-0.3, -0.25) is 9.48 Å². The number of hydrogen-bond acceptors (Lipinski definition) is 5. The van der Waals surface area contributed by atoms with Crippen molar-refractivity contribution < 1.29 is 18.0 Å². The monoisotopic (exact) mass is 374 g/mol. The Bertz CT molecular complexity index is 767. The minimum absolute atomic E-state index is 0.0760. The molecule has 7 nitrogen and oxygen atoms in total. The van der Waals surface area contributed by atoms with Gasteiger partial charge in [0.1, 0.15) is 11.4 Å². The van der Waals surface area contributed by atoms with E-state index in [2.05, 4.69) is 27.2 Å². The van der Waals surface area contributed by atoms with Gasteiger partial charge in [0, 0.05) is 20.1 Å². The lowest BCUT2D eigenvalue weighted by Gasteiger charge is -2.05. The van der Waals surface area contributed by atoms with Crippen LogP contribution in [0.3, 0.4) is 0 Å². The number of nitrogens with one attached hydrogen (secondary N) is 1. The number of amides is 1. The first-order valence-electron chi connectivity index (χ1n) is 7.33. The minimum atomic E-state index is -4.50. The van der Waals surface area contributed by atoms with Gasteiger partial charge in [-0.1, -0.05) is 17.8 Å². The fraction of sp³-hybridized carbons (Fsp3) is 0.429. The molecule has 1 N–H and O–H groups in total. The van der Waals surface area contributed by atoms with Crippen LogP contribution in [0.1, 0.15) is 12.6 Å². The van der Waals surface area contributed by atoms with E-state index in [4.69, 9.17) is 0 Å². The van der Waals surface area contributed by atoms with Crippen molar-refractivity contribution >= 4 is 17.7 Å². The maximum Gasteiger partial charge on any atom is 0.433 e. The van der Waals surface area contributed by atoms with Crippen LogP contribution in [0, 0.1) is 0 Å². The van der Waals surface area contributed by atoms with E-state index in [0.717, 1.165) is 22.5 Å². The van der Waals surface area contributed by atoms with Crippen LogP contribution >= 0.6 is 11.8 Å². The number of halogens is 3. The molecule has 0 aliphatic rings. The van der Waals surface area contributed by atoms with E-state index in [1.165, 1.54) is 7.05 Å². The van der Waals surface area contributed by atoms with Crippen molar-refractivity contribution in [1.29, 1.82) is 0 Å². The van der Waals surface area contributed by atoms with Crippen LogP contribution in [0.4, 0.5) is 13.2 Å². The van der Waals surface area contributed by atoms with Crippen LogP contribution in [-0.2, 0) is 24.6 Å². The fourth-order valence-electron chi connectivity index (χ4n) is 2.08. The first-order chi connectivity index (χ1) is 11.8. The zero-order valence-corrected chi connectivity index (χ0v) is 14.5. The molecule has 0 bridgehead atoms. The maximum atomic E-state index is 12.9. The third kappa shape index (κ3) is 4.41. The van der Waals surface area contributed by atoms with Gasteiger partial charge in [0.2, 0.25) is 5.91 Å². The van der Waals surface area contributed by atoms with Crippen LogP contribution in [0.15, 0.2) is 23.9 Å². The molecule has 2 aromatic heterocycles. The normalized spacial score (nSPS) is 11.6. The van der Waals surface area contributed by atoms with Crippen LogP contribution in [0.2, 0.25) is 0 Å². The molecule has 0 saturated heterocycles. The molecule has 11 heteroatoms. The molecule has 2 heterocycles. The molecule has 0 radical (unpaired) electrons. The standard InChI is InChI=1S/C14H17F3N6OS/c1-4-6-18-11(24)8-25-13-20-19-12(23(13)5-2)9-7-10(14(15,16)17)22(3)21-9/h4,7H,1,5-6,8H2,2-3H3,(H,18,24). The first kappa shape index (κ1) is 19.0. The SMILES string of the molecule is C=CCNC(=O)CSc1nnc(-c2cc(C(F)(F)F)n(C)n2)n1CC. The van der Waals surface area contributed by atoms with E-state index in [1.807, 2.05) is 6.92 Å². The Kier molecular flexibility index (Phi) is 5.88. The molecule has 0 aliphatic carbocycles. The van der Waals surface area contributed by atoms with Gasteiger partial charge in [0.05, 0.1) is 5.75 Å². The summed E-state index contributed by atoms with van der Waals surface area (Å²) < 4.78 is 41.1. The fourth-order valence-corrected chi connectivity index (χ4v) is 2.91. The number of aryl methyl sites for hydroxylation is 1. The van der Waals surface area contributed by atoms with Gasteiger partial charge in [-0.15, -0.1) is 16.8 Å². The summed E-state index contributed by atoms with van der Waals surface area (Å²) in [5, 5.41) is 14.8. The number of thioether (sulfide) groups is 1. The largest absolute Gasteiger partial charge is 0.433 e. The van der Waals surface area contributed by atoms with E-state index >= 15 is 0 Å². The molecule has 0 aliphatic heterocycles. The lowest BCUT2D eigenvalue weighted by Crippen LogP contribution is -2.25. The van der Waals surface area contributed by atoms with Crippen molar-refractivity contribution in [3.63, 3.8) is 0 Å². The Hall–Kier alpha value is -2.30. The predicted octanol–water partition coefficient (Wildman–Crippen LogP) is 2.11. The summed E-state index contributed by atoms with van der Waals surface area (Å²) in [6.45, 7) is 6.10. The molecular formula is C14H17F3N6OS. The summed E-state index contributed by atoms with van der Waals surface area (Å²) in [6, 6.07) is 0.932. The second-order valence-electron chi connectivity index (χ2n) is 4.97. The number of alkyl halides is 3. The second-order valence-corrected chi connectivity index (χ2v) is 5.91. The molecule has 0 aromatic carbocycles. The van der Waals surface area contributed by atoms with Gasteiger partial charge in [0.25, 0.3) is 0 Å². The topological polar surface area (TPSA) is 77.6 Å². The molecule has 25 heavy (non-hydrogen) atoms. The number of carbonyl (C=O) groups excluding carboxylic acids is 1. The third-order valence-electron chi connectivity index (χ3n) is 3.21. The smallest absolute Gasteiger partial charge is 0.352 e. The van der Waals surface area contributed by atoms with Crippen LogP contribution in [0.5, 0.6) is 0 Å². The molecule has 0 unspecified atom stereocenters. The zero-order chi connectivity index (χ0) is 18.6. The second kappa shape index (κ2) is 7.72. The van der Waals surface area contributed by atoms with E-state index in [1.54, 1.807) is 10.6 Å². The van der Waals surface area contributed by atoms with Gasteiger partial charge in [-0.2, -0.15) is 18.3 Å². The quantitative estimate of drug-likeness (QED) is 0.593. The van der Waals surface area contributed by atoms with Crippen LogP contribution in [-0.4, -0.2) is 42.7 Å². The lowest BCUT2D eigenvalue weighted by molar-refractivity contribution is -0.143. The van der Waals surface area contributed by atoms with Crippen molar-refractivity contribution in [2.24, 2.45) is 7.05 Å². The van der Waals surface area contributed by atoms with E-state index in [9.17, 15) is 18.0 Å². The number of nitrogens with zero attached hydrogens (tertiary/aromatic N) is 5. The number of aromatic nitrogens is 5. The molecule has 1 amide bonds. The molecule has 0 atom stereocenters. The summed E-state index contributed by atoms with van der Waals surface area (Å²) in [5.41, 5.74) is -0.793. The van der Waals surface area contributed by atoms with E-state index < -0.39 is 11.9 Å². The molecule has 0 fully saturated rings. The van der Waals surface area contributed by atoms with Crippen molar-refractivity contribution in [3.8, 4) is 11.5 Å². The van der Waals surface area contributed by atoms with Gasteiger partial charge in [-0.25, -0.2) is 0 Å². The molecule has 2 rings (SSSR count). The third-order valence-corrected chi connectivity index (χ3v) is 4.18. The van der Waals surface area contributed by atoms with E-state index in [-0.39, 0.29) is 23.2 Å². The highest BCUT2D eigenvalue weighted by Gasteiger charge is 2.35. The first-order valence-corrected chi connectivity index (χ1v) is 8.31. The predicted molar refractivity (Wildman–Crippen MR) is 86.8 cm³/mol. The van der Waals surface area contributed by atoms with Crippen LogP contribution in [0.25, 0.3) is 11.5 Å². The average molecular weight is 374 g/mol. The highest BCUT2D eigenvalue weighted by Crippen LogP contribution is 2.32. The Morgan fingerprint density at radius 1 is 1.44 bits per heavy atom. The van der Waals surface area contributed by atoms with Gasteiger partial charge in [-0.05, 0) is 13.0 Å². The van der Waals surface area contributed by atoms with Gasteiger partial charge in [0.15, 0.2) is 11.0 Å². The highest BCUT2D eigenvalue weighted by molar-refractivity contribution is 7.99. The van der Waals surface area contributed by atoms with Gasteiger partial charge >= 0.3 is 6.18 Å². The molecule has 0 spiro atoms. The van der Waals surface area contributed by atoms with Crippen molar-refractivity contribution in [3.05, 3.63) is 24.4 Å². The summed E-state index contributed by atoms with van der Waals surface area (Å²) in [4.78, 5) is 11.6. The minimum Gasteiger partial charge on any atom is -0.352 e. The molecular weight excluding hydrogens is 357 g/mol. The number of rotatable bonds is 7. The Labute approximate surface area is 146 Å². The van der Waals surface area contributed by atoms with E-state index in [0.29, 0.717) is 18.2 Å². The number of carbonyl (C=O) groups is 1. The van der Waals surface area contributed by atoms with Crippen molar-refractivity contribution in [2.75, 3.05) is 12.3 Å².